The highest BCUT2D eigenvalue weighted by Crippen LogP contribution is 2.23. The number of rotatable bonds is 2. The monoisotopic (exact) mass is 265 g/mol. The van der Waals surface area contributed by atoms with E-state index in [1.807, 2.05) is 9.80 Å². The first-order valence-electron chi connectivity index (χ1n) is 7.58. The van der Waals surface area contributed by atoms with Crippen LogP contribution in [0.2, 0.25) is 0 Å². The third-order valence-corrected chi connectivity index (χ3v) is 4.38. The lowest BCUT2D eigenvalue weighted by atomic mass is 9.97. The largest absolute Gasteiger partial charge is 0.342 e. The van der Waals surface area contributed by atoms with E-state index in [0.29, 0.717) is 12.6 Å². The molecule has 0 radical (unpaired) electrons. The number of carbonyl (C=O) groups is 2. The highest BCUT2D eigenvalue weighted by molar-refractivity contribution is 5.81. The van der Waals surface area contributed by atoms with E-state index < -0.39 is 0 Å². The molecule has 0 bridgehead atoms. The standard InChI is InChI=1S/C14H23N3O2/c18-13(16-7-1-2-8-16)11-4-3-9-17(10-11)14(19)15-12-5-6-12/h11-12H,1-10H2,(H,15,19). The highest BCUT2D eigenvalue weighted by Gasteiger charge is 2.33. The third kappa shape index (κ3) is 3.01. The van der Waals surface area contributed by atoms with Crippen molar-refractivity contribution >= 4 is 11.9 Å². The zero-order valence-electron chi connectivity index (χ0n) is 11.4. The molecule has 2 heterocycles. The van der Waals surface area contributed by atoms with Crippen LogP contribution in [0.3, 0.4) is 0 Å². The molecule has 1 N–H and O–H groups in total. The summed E-state index contributed by atoms with van der Waals surface area (Å²) in [6.45, 7) is 3.21. The van der Waals surface area contributed by atoms with Gasteiger partial charge in [0.2, 0.25) is 5.91 Å². The average molecular weight is 265 g/mol. The maximum Gasteiger partial charge on any atom is 0.317 e. The van der Waals surface area contributed by atoms with Crippen LogP contribution >= 0.6 is 0 Å². The smallest absolute Gasteiger partial charge is 0.317 e. The molecular formula is C14H23N3O2. The van der Waals surface area contributed by atoms with E-state index >= 15 is 0 Å². The molecule has 1 aliphatic carbocycles. The summed E-state index contributed by atoms with van der Waals surface area (Å²) in [4.78, 5) is 28.2. The first kappa shape index (κ1) is 12.8. The average Bonchev–Trinajstić information content (AvgIpc) is 3.08. The maximum absolute atomic E-state index is 12.4. The molecule has 3 amide bonds. The molecule has 2 aliphatic heterocycles. The van der Waals surface area contributed by atoms with E-state index in [9.17, 15) is 9.59 Å². The number of nitrogens with one attached hydrogen (secondary N) is 1. The van der Waals surface area contributed by atoms with Crippen LogP contribution in [0.15, 0.2) is 0 Å². The van der Waals surface area contributed by atoms with Gasteiger partial charge < -0.3 is 15.1 Å². The summed E-state index contributed by atoms with van der Waals surface area (Å²) in [5, 5.41) is 3.01. The van der Waals surface area contributed by atoms with Crippen molar-refractivity contribution in [3.05, 3.63) is 0 Å². The lowest BCUT2D eigenvalue weighted by molar-refractivity contribution is -0.135. The van der Waals surface area contributed by atoms with Gasteiger partial charge in [0.15, 0.2) is 0 Å². The molecule has 1 unspecified atom stereocenters. The van der Waals surface area contributed by atoms with Crippen LogP contribution in [-0.2, 0) is 4.79 Å². The molecule has 3 fully saturated rings. The van der Waals surface area contributed by atoms with Crippen molar-refractivity contribution in [3.63, 3.8) is 0 Å². The number of likely N-dealkylation sites (tertiary alicyclic amines) is 2. The van der Waals surface area contributed by atoms with Gasteiger partial charge in [-0.15, -0.1) is 0 Å². The summed E-state index contributed by atoms with van der Waals surface area (Å²) in [5.74, 6) is 0.290. The molecule has 0 aromatic heterocycles. The number of nitrogens with zero attached hydrogens (tertiary/aromatic N) is 2. The van der Waals surface area contributed by atoms with Gasteiger partial charge in [0.1, 0.15) is 0 Å². The normalized spacial score (nSPS) is 27.5. The summed E-state index contributed by atoms with van der Waals surface area (Å²) in [6, 6.07) is 0.420. The first-order valence-corrected chi connectivity index (χ1v) is 7.58. The Hall–Kier alpha value is -1.26. The van der Waals surface area contributed by atoms with Gasteiger partial charge in [0.25, 0.3) is 0 Å². The van der Waals surface area contributed by atoms with E-state index in [1.54, 1.807) is 0 Å². The van der Waals surface area contributed by atoms with Crippen molar-refractivity contribution in [3.8, 4) is 0 Å². The summed E-state index contributed by atoms with van der Waals surface area (Å²) in [5.41, 5.74) is 0. The van der Waals surface area contributed by atoms with E-state index in [2.05, 4.69) is 5.32 Å². The fraction of sp³-hybridized carbons (Fsp3) is 0.857. The molecule has 0 aromatic rings. The number of amides is 3. The Bertz CT molecular complexity index is 362. The van der Waals surface area contributed by atoms with Crippen LogP contribution in [0.4, 0.5) is 4.79 Å². The zero-order valence-corrected chi connectivity index (χ0v) is 11.4. The quantitative estimate of drug-likeness (QED) is 0.815. The first-order chi connectivity index (χ1) is 9.24. The topological polar surface area (TPSA) is 52.7 Å². The van der Waals surface area contributed by atoms with Gasteiger partial charge >= 0.3 is 6.03 Å². The van der Waals surface area contributed by atoms with Crippen molar-refractivity contribution in [2.24, 2.45) is 5.92 Å². The molecule has 2 saturated heterocycles. The summed E-state index contributed by atoms with van der Waals surface area (Å²) in [7, 11) is 0. The SMILES string of the molecule is O=C(NC1CC1)N1CCCC(C(=O)N2CCCC2)C1. The Labute approximate surface area is 114 Å². The van der Waals surface area contributed by atoms with Crippen LogP contribution in [-0.4, -0.2) is 54.0 Å². The van der Waals surface area contributed by atoms with E-state index in [4.69, 9.17) is 0 Å². The zero-order chi connectivity index (χ0) is 13.2. The van der Waals surface area contributed by atoms with Crippen molar-refractivity contribution in [1.29, 1.82) is 0 Å². The van der Waals surface area contributed by atoms with E-state index in [-0.39, 0.29) is 17.9 Å². The lowest BCUT2D eigenvalue weighted by Crippen LogP contribution is -2.49. The van der Waals surface area contributed by atoms with Gasteiger partial charge in [0, 0.05) is 32.2 Å². The Morgan fingerprint density at radius 1 is 0.895 bits per heavy atom. The minimum atomic E-state index is 0.0248. The molecule has 5 nitrogen and oxygen atoms in total. The Balaban J connectivity index is 1.54. The predicted octanol–water partition coefficient (Wildman–Crippen LogP) is 1.19. The van der Waals surface area contributed by atoms with E-state index in [0.717, 1.165) is 58.2 Å². The fourth-order valence-electron chi connectivity index (χ4n) is 3.05. The van der Waals surface area contributed by atoms with Crippen LogP contribution in [0.1, 0.15) is 38.5 Å². The molecule has 3 rings (SSSR count). The summed E-state index contributed by atoms with van der Waals surface area (Å²) < 4.78 is 0. The van der Waals surface area contributed by atoms with Crippen molar-refractivity contribution in [1.82, 2.24) is 15.1 Å². The molecule has 106 valence electrons. The number of hydrogen-bond donors (Lipinski definition) is 1. The van der Waals surface area contributed by atoms with Crippen molar-refractivity contribution in [2.45, 2.75) is 44.6 Å². The number of hydrogen-bond acceptors (Lipinski definition) is 2. The molecule has 0 aromatic carbocycles. The van der Waals surface area contributed by atoms with Crippen LogP contribution in [0.5, 0.6) is 0 Å². The number of urea groups is 1. The molecule has 1 atom stereocenters. The van der Waals surface area contributed by atoms with Gasteiger partial charge in [-0.25, -0.2) is 4.79 Å². The molecule has 0 spiro atoms. The van der Waals surface area contributed by atoms with Gasteiger partial charge in [-0.2, -0.15) is 0 Å². The summed E-state index contributed by atoms with van der Waals surface area (Å²) in [6.07, 6.45) is 6.35. The molecular weight excluding hydrogens is 242 g/mol. The number of carbonyl (C=O) groups excluding carboxylic acids is 2. The second kappa shape index (κ2) is 5.39. The van der Waals surface area contributed by atoms with Crippen LogP contribution < -0.4 is 5.32 Å². The maximum atomic E-state index is 12.4. The highest BCUT2D eigenvalue weighted by atomic mass is 16.2. The van der Waals surface area contributed by atoms with Crippen molar-refractivity contribution in [2.75, 3.05) is 26.2 Å². The fourth-order valence-corrected chi connectivity index (χ4v) is 3.05. The second-order valence-corrected chi connectivity index (χ2v) is 6.04. The van der Waals surface area contributed by atoms with Crippen LogP contribution in [0.25, 0.3) is 0 Å². The van der Waals surface area contributed by atoms with Gasteiger partial charge in [0.05, 0.1) is 5.92 Å². The van der Waals surface area contributed by atoms with Gasteiger partial charge in [-0.1, -0.05) is 0 Å². The van der Waals surface area contributed by atoms with Crippen LogP contribution in [0, 0.1) is 5.92 Å². The Morgan fingerprint density at radius 2 is 1.58 bits per heavy atom. The minimum Gasteiger partial charge on any atom is -0.342 e. The lowest BCUT2D eigenvalue weighted by Gasteiger charge is -2.34. The molecule has 19 heavy (non-hydrogen) atoms. The summed E-state index contributed by atoms with van der Waals surface area (Å²) >= 11 is 0. The Kier molecular flexibility index (Phi) is 3.62. The molecule has 3 aliphatic rings. The second-order valence-electron chi connectivity index (χ2n) is 6.04. The number of piperidine rings is 1. The third-order valence-electron chi connectivity index (χ3n) is 4.38. The molecule has 5 heteroatoms. The molecule has 1 saturated carbocycles. The van der Waals surface area contributed by atoms with E-state index in [1.165, 1.54) is 0 Å². The van der Waals surface area contributed by atoms with Crippen molar-refractivity contribution < 1.29 is 9.59 Å². The van der Waals surface area contributed by atoms with Gasteiger partial charge in [-0.05, 0) is 38.5 Å². The predicted molar refractivity (Wildman–Crippen MR) is 71.7 cm³/mol. The minimum absolute atomic E-state index is 0.0248. The van der Waals surface area contributed by atoms with Gasteiger partial charge in [-0.3, -0.25) is 4.79 Å². The Morgan fingerprint density at radius 3 is 2.26 bits per heavy atom.